The molecule has 1 aromatic rings. The molecule has 0 spiro atoms. The molecule has 1 fully saturated rings. The van der Waals surface area contributed by atoms with Gasteiger partial charge in [0.25, 0.3) is 0 Å². The Labute approximate surface area is 94.0 Å². The van der Waals surface area contributed by atoms with Crippen LogP contribution in [0.5, 0.6) is 0 Å². The Bertz CT molecular complexity index is 295. The first-order chi connectivity index (χ1) is 7.40. The van der Waals surface area contributed by atoms with Gasteiger partial charge in [-0.1, -0.05) is 5.16 Å². The van der Waals surface area contributed by atoms with E-state index in [2.05, 4.69) is 10.1 Å². The van der Waals surface area contributed by atoms with Gasteiger partial charge < -0.3 is 10.3 Å². The molecule has 0 aliphatic carbocycles. The minimum absolute atomic E-state index is 0.496. The minimum Gasteiger partial charge on any atom is -0.339 e. The number of hydrogen-bond donors (Lipinski definition) is 1. The zero-order valence-corrected chi connectivity index (χ0v) is 9.63. The molecule has 1 atom stereocenters. The molecule has 0 radical (unpaired) electrons. The van der Waals surface area contributed by atoms with Crippen LogP contribution >= 0.6 is 11.8 Å². The molecular weight excluding hydrogens is 210 g/mol. The van der Waals surface area contributed by atoms with E-state index in [0.29, 0.717) is 24.8 Å². The van der Waals surface area contributed by atoms with Gasteiger partial charge in [0.1, 0.15) is 0 Å². The maximum Gasteiger partial charge on any atom is 0.227 e. The third-order valence-corrected chi connectivity index (χ3v) is 3.76. The molecule has 2 heterocycles. The zero-order valence-electron chi connectivity index (χ0n) is 8.82. The molecule has 0 amide bonds. The van der Waals surface area contributed by atoms with Crippen LogP contribution in [0.3, 0.4) is 0 Å². The predicted molar refractivity (Wildman–Crippen MR) is 61.0 cm³/mol. The molecule has 0 bridgehead atoms. The van der Waals surface area contributed by atoms with Crippen LogP contribution in [0.25, 0.3) is 0 Å². The lowest BCUT2D eigenvalue weighted by atomic mass is 10.0. The van der Waals surface area contributed by atoms with Crippen molar-refractivity contribution in [2.75, 3.05) is 18.1 Å². The predicted octanol–water partition coefficient (Wildman–Crippen LogP) is 1.57. The zero-order chi connectivity index (χ0) is 10.5. The van der Waals surface area contributed by atoms with Crippen molar-refractivity contribution in [3.8, 4) is 0 Å². The van der Waals surface area contributed by atoms with E-state index in [1.165, 1.54) is 30.8 Å². The fourth-order valence-electron chi connectivity index (χ4n) is 1.82. The largest absolute Gasteiger partial charge is 0.339 e. The van der Waals surface area contributed by atoms with E-state index in [1.807, 2.05) is 11.8 Å². The lowest BCUT2D eigenvalue weighted by Crippen LogP contribution is -2.04. The van der Waals surface area contributed by atoms with Gasteiger partial charge in [0.2, 0.25) is 5.89 Å². The van der Waals surface area contributed by atoms with Gasteiger partial charge in [0.15, 0.2) is 5.82 Å². The monoisotopic (exact) mass is 227 g/mol. The van der Waals surface area contributed by atoms with Gasteiger partial charge in [-0.3, -0.25) is 0 Å². The van der Waals surface area contributed by atoms with Crippen molar-refractivity contribution >= 4 is 11.8 Å². The Hall–Kier alpha value is -0.550. The van der Waals surface area contributed by atoms with Crippen molar-refractivity contribution < 1.29 is 4.52 Å². The summed E-state index contributed by atoms with van der Waals surface area (Å²) in [7, 11) is 0. The molecule has 15 heavy (non-hydrogen) atoms. The second-order valence-corrected chi connectivity index (χ2v) is 5.05. The first-order valence-electron chi connectivity index (χ1n) is 5.50. The summed E-state index contributed by atoms with van der Waals surface area (Å²) in [6, 6.07) is 0. The van der Waals surface area contributed by atoms with Crippen LogP contribution in [-0.4, -0.2) is 28.2 Å². The molecule has 1 aliphatic rings. The molecule has 1 aromatic heterocycles. The van der Waals surface area contributed by atoms with Gasteiger partial charge in [-0.2, -0.15) is 16.7 Å². The lowest BCUT2D eigenvalue weighted by Gasteiger charge is -2.06. The summed E-state index contributed by atoms with van der Waals surface area (Å²) in [5.41, 5.74) is 5.44. The molecule has 0 unspecified atom stereocenters. The second kappa shape index (κ2) is 5.51. The van der Waals surface area contributed by atoms with E-state index < -0.39 is 0 Å². The van der Waals surface area contributed by atoms with Crippen molar-refractivity contribution in [2.24, 2.45) is 5.73 Å². The van der Waals surface area contributed by atoms with E-state index in [-0.39, 0.29) is 0 Å². The Morgan fingerprint density at radius 2 is 2.33 bits per heavy atom. The first-order valence-corrected chi connectivity index (χ1v) is 6.66. The maximum atomic E-state index is 5.44. The van der Waals surface area contributed by atoms with Crippen LogP contribution in [0.15, 0.2) is 4.52 Å². The van der Waals surface area contributed by atoms with Gasteiger partial charge in [-0.05, 0) is 30.8 Å². The Morgan fingerprint density at radius 1 is 1.40 bits per heavy atom. The highest BCUT2D eigenvalue weighted by Crippen LogP contribution is 2.28. The van der Waals surface area contributed by atoms with Crippen molar-refractivity contribution in [3.05, 3.63) is 11.7 Å². The van der Waals surface area contributed by atoms with E-state index in [0.717, 1.165) is 5.82 Å². The Morgan fingerprint density at radius 3 is 3.20 bits per heavy atom. The summed E-state index contributed by atoms with van der Waals surface area (Å²) in [6.45, 7) is 0.572. The molecule has 2 N–H and O–H groups in total. The van der Waals surface area contributed by atoms with Crippen LogP contribution < -0.4 is 5.73 Å². The highest BCUT2D eigenvalue weighted by molar-refractivity contribution is 7.99. The summed E-state index contributed by atoms with van der Waals surface area (Å²) in [5, 5.41) is 4.05. The van der Waals surface area contributed by atoms with E-state index >= 15 is 0 Å². The standard InChI is InChI=1S/C10H17N3OS/c11-5-3-9-12-10(13-14-9)8-2-1-6-15-7-4-8/h8H,1-7,11H2/t8-/m1/s1. The molecule has 84 valence electrons. The molecule has 4 nitrogen and oxygen atoms in total. The topological polar surface area (TPSA) is 64.9 Å². The normalized spacial score (nSPS) is 22.6. The summed E-state index contributed by atoms with van der Waals surface area (Å²) in [4.78, 5) is 4.40. The summed E-state index contributed by atoms with van der Waals surface area (Å²) in [6.07, 6.45) is 4.31. The van der Waals surface area contributed by atoms with Gasteiger partial charge >= 0.3 is 0 Å². The van der Waals surface area contributed by atoms with Crippen molar-refractivity contribution in [3.63, 3.8) is 0 Å². The SMILES string of the molecule is NCCc1nc([C@@H]2CCCSCC2)no1. The Balaban J connectivity index is 2.00. The van der Waals surface area contributed by atoms with Gasteiger partial charge in [-0.15, -0.1) is 0 Å². The lowest BCUT2D eigenvalue weighted by molar-refractivity contribution is 0.369. The minimum atomic E-state index is 0.496. The molecule has 2 rings (SSSR count). The number of nitrogens with zero attached hydrogens (tertiary/aromatic N) is 2. The molecule has 0 aromatic carbocycles. The van der Waals surface area contributed by atoms with Crippen molar-refractivity contribution in [2.45, 2.75) is 31.6 Å². The molecular formula is C10H17N3OS. The van der Waals surface area contributed by atoms with E-state index in [9.17, 15) is 0 Å². The average molecular weight is 227 g/mol. The van der Waals surface area contributed by atoms with Gasteiger partial charge in [0.05, 0.1) is 0 Å². The van der Waals surface area contributed by atoms with Crippen molar-refractivity contribution in [1.29, 1.82) is 0 Å². The molecule has 1 saturated heterocycles. The third-order valence-electron chi connectivity index (χ3n) is 2.66. The van der Waals surface area contributed by atoms with Crippen LogP contribution in [0.4, 0.5) is 0 Å². The average Bonchev–Trinajstić information content (AvgIpc) is 2.53. The fourth-order valence-corrected chi connectivity index (χ4v) is 2.85. The fraction of sp³-hybridized carbons (Fsp3) is 0.800. The number of rotatable bonds is 3. The Kier molecular flexibility index (Phi) is 4.02. The number of hydrogen-bond acceptors (Lipinski definition) is 5. The van der Waals surface area contributed by atoms with E-state index in [4.69, 9.17) is 10.3 Å². The van der Waals surface area contributed by atoms with Crippen LogP contribution in [0, 0.1) is 0 Å². The second-order valence-electron chi connectivity index (χ2n) is 3.83. The number of nitrogens with two attached hydrogens (primary N) is 1. The number of thioether (sulfide) groups is 1. The summed E-state index contributed by atoms with van der Waals surface area (Å²) in [5.74, 6) is 4.55. The van der Waals surface area contributed by atoms with Crippen molar-refractivity contribution in [1.82, 2.24) is 10.1 Å². The van der Waals surface area contributed by atoms with Crippen LogP contribution in [0.1, 0.15) is 36.9 Å². The summed E-state index contributed by atoms with van der Waals surface area (Å²) >= 11 is 2.03. The highest BCUT2D eigenvalue weighted by atomic mass is 32.2. The maximum absolute atomic E-state index is 5.44. The molecule has 0 saturated carbocycles. The van der Waals surface area contributed by atoms with Crippen LogP contribution in [-0.2, 0) is 6.42 Å². The summed E-state index contributed by atoms with van der Waals surface area (Å²) < 4.78 is 5.15. The van der Waals surface area contributed by atoms with Gasteiger partial charge in [0, 0.05) is 18.9 Å². The highest BCUT2D eigenvalue weighted by Gasteiger charge is 2.19. The van der Waals surface area contributed by atoms with Gasteiger partial charge in [-0.25, -0.2) is 0 Å². The quantitative estimate of drug-likeness (QED) is 0.849. The first kappa shape index (κ1) is 11.0. The van der Waals surface area contributed by atoms with E-state index in [1.54, 1.807) is 0 Å². The smallest absolute Gasteiger partial charge is 0.227 e. The van der Waals surface area contributed by atoms with Crippen LogP contribution in [0.2, 0.25) is 0 Å². The number of aromatic nitrogens is 2. The molecule has 1 aliphatic heterocycles. The molecule has 5 heteroatoms. The third kappa shape index (κ3) is 2.95.